The number of rotatable bonds is 2. The summed E-state index contributed by atoms with van der Waals surface area (Å²) in [4.78, 5) is 0. The van der Waals surface area contributed by atoms with Gasteiger partial charge in [0.2, 0.25) is 0 Å². The van der Waals surface area contributed by atoms with Gasteiger partial charge in [-0.25, -0.2) is 0 Å². The van der Waals surface area contributed by atoms with Gasteiger partial charge in [0.15, 0.2) is 0 Å². The molecule has 2 aliphatic carbocycles. The Labute approximate surface area is 97.2 Å². The number of hydrogen-bond donors (Lipinski definition) is 0. The Morgan fingerprint density at radius 3 is 2.75 bits per heavy atom. The lowest BCUT2D eigenvalue weighted by Crippen LogP contribution is -2.04. The summed E-state index contributed by atoms with van der Waals surface area (Å²) in [6.45, 7) is 2.31. The first-order chi connectivity index (χ1) is 7.81. The molecule has 0 aliphatic heterocycles. The van der Waals surface area contributed by atoms with E-state index in [9.17, 15) is 0 Å². The first-order valence-electron chi connectivity index (χ1n) is 6.68. The van der Waals surface area contributed by atoms with Crippen LogP contribution in [-0.4, -0.2) is 15.0 Å². The lowest BCUT2D eigenvalue weighted by atomic mass is 10.0. The lowest BCUT2D eigenvalue weighted by molar-refractivity contribution is 0.565. The molecule has 0 N–H and O–H groups in total. The van der Waals surface area contributed by atoms with Crippen molar-refractivity contribution in [2.45, 2.75) is 45.4 Å². The van der Waals surface area contributed by atoms with E-state index in [2.05, 4.69) is 17.2 Å². The number of nitrogens with zero attached hydrogens (tertiary/aromatic N) is 3. The molecule has 0 bridgehead atoms. The molecule has 0 amide bonds. The van der Waals surface area contributed by atoms with Crippen molar-refractivity contribution in [3.8, 4) is 0 Å². The maximum Gasteiger partial charge on any atom is 0.0859 e. The SMILES string of the molecule is CCCC1C2CCc3nnn(C)c3CCC12. The highest BCUT2D eigenvalue weighted by Gasteiger charge is 2.48. The zero-order chi connectivity index (χ0) is 11.1. The molecule has 88 valence electrons. The molecule has 1 saturated carbocycles. The van der Waals surface area contributed by atoms with Crippen molar-refractivity contribution in [2.75, 3.05) is 0 Å². The summed E-state index contributed by atoms with van der Waals surface area (Å²) in [5.74, 6) is 3.06. The van der Waals surface area contributed by atoms with Crippen LogP contribution in [0.15, 0.2) is 0 Å². The van der Waals surface area contributed by atoms with Crippen LogP contribution in [-0.2, 0) is 19.9 Å². The Balaban J connectivity index is 1.73. The van der Waals surface area contributed by atoms with Crippen LogP contribution in [0, 0.1) is 17.8 Å². The number of hydrogen-bond acceptors (Lipinski definition) is 2. The quantitative estimate of drug-likeness (QED) is 0.764. The van der Waals surface area contributed by atoms with Gasteiger partial charge in [-0.1, -0.05) is 25.0 Å². The average molecular weight is 219 g/mol. The van der Waals surface area contributed by atoms with Crippen LogP contribution in [0.1, 0.15) is 44.0 Å². The number of fused-ring (bicyclic) bond motifs is 2. The summed E-state index contributed by atoms with van der Waals surface area (Å²) < 4.78 is 1.98. The molecule has 1 fully saturated rings. The fourth-order valence-electron chi connectivity index (χ4n) is 3.67. The van der Waals surface area contributed by atoms with E-state index in [1.54, 1.807) is 0 Å². The van der Waals surface area contributed by atoms with Crippen LogP contribution in [0.25, 0.3) is 0 Å². The molecule has 1 aromatic heterocycles. The number of aryl methyl sites for hydroxylation is 2. The molecule has 0 saturated heterocycles. The van der Waals surface area contributed by atoms with Crippen molar-refractivity contribution in [1.29, 1.82) is 0 Å². The molecule has 3 atom stereocenters. The van der Waals surface area contributed by atoms with Gasteiger partial charge in [-0.2, -0.15) is 0 Å². The van der Waals surface area contributed by atoms with Crippen molar-refractivity contribution in [3.63, 3.8) is 0 Å². The van der Waals surface area contributed by atoms with Gasteiger partial charge in [-0.3, -0.25) is 4.68 Å². The zero-order valence-electron chi connectivity index (χ0n) is 10.3. The van der Waals surface area contributed by atoms with E-state index >= 15 is 0 Å². The van der Waals surface area contributed by atoms with E-state index in [0.717, 1.165) is 24.2 Å². The highest BCUT2D eigenvalue weighted by Crippen LogP contribution is 2.54. The number of aromatic nitrogens is 3. The second kappa shape index (κ2) is 3.86. The van der Waals surface area contributed by atoms with Gasteiger partial charge in [0.05, 0.1) is 11.4 Å². The molecule has 1 heterocycles. The minimum absolute atomic E-state index is 1.01. The zero-order valence-corrected chi connectivity index (χ0v) is 10.3. The summed E-state index contributed by atoms with van der Waals surface area (Å²) in [6.07, 6.45) is 7.86. The largest absolute Gasteiger partial charge is 0.252 e. The van der Waals surface area contributed by atoms with Gasteiger partial charge < -0.3 is 0 Å². The Kier molecular flexibility index (Phi) is 2.49. The topological polar surface area (TPSA) is 30.7 Å². The molecule has 16 heavy (non-hydrogen) atoms. The second-order valence-electron chi connectivity index (χ2n) is 5.46. The predicted molar refractivity (Wildman–Crippen MR) is 63.0 cm³/mol. The first kappa shape index (κ1) is 10.3. The van der Waals surface area contributed by atoms with Crippen LogP contribution in [0.4, 0.5) is 0 Å². The molecule has 3 rings (SSSR count). The van der Waals surface area contributed by atoms with Gasteiger partial charge in [0, 0.05) is 7.05 Å². The lowest BCUT2D eigenvalue weighted by Gasteiger charge is -2.07. The maximum atomic E-state index is 4.29. The standard InChI is InChI=1S/C13H21N3/c1-3-4-9-10-5-7-12-13(8-6-11(9)10)16(2)15-14-12/h9-11H,3-8H2,1-2H3. The van der Waals surface area contributed by atoms with E-state index in [1.807, 2.05) is 11.7 Å². The fraction of sp³-hybridized carbons (Fsp3) is 0.846. The van der Waals surface area contributed by atoms with Crippen LogP contribution in [0.3, 0.4) is 0 Å². The average Bonchev–Trinajstić information content (AvgIpc) is 2.76. The van der Waals surface area contributed by atoms with Crippen molar-refractivity contribution in [1.82, 2.24) is 15.0 Å². The maximum absolute atomic E-state index is 4.29. The highest BCUT2D eigenvalue weighted by molar-refractivity contribution is 5.14. The highest BCUT2D eigenvalue weighted by atomic mass is 15.4. The minimum Gasteiger partial charge on any atom is -0.252 e. The van der Waals surface area contributed by atoms with E-state index in [4.69, 9.17) is 0 Å². The second-order valence-corrected chi connectivity index (χ2v) is 5.46. The summed E-state index contributed by atoms with van der Waals surface area (Å²) >= 11 is 0. The van der Waals surface area contributed by atoms with Crippen LogP contribution >= 0.6 is 0 Å². The van der Waals surface area contributed by atoms with E-state index in [1.165, 1.54) is 43.5 Å². The van der Waals surface area contributed by atoms with Gasteiger partial charge >= 0.3 is 0 Å². The van der Waals surface area contributed by atoms with Gasteiger partial charge in [-0.05, 0) is 43.4 Å². The molecule has 1 aromatic rings. The van der Waals surface area contributed by atoms with Gasteiger partial charge in [-0.15, -0.1) is 5.10 Å². The minimum atomic E-state index is 1.01. The summed E-state index contributed by atoms with van der Waals surface area (Å²) in [6, 6.07) is 0. The van der Waals surface area contributed by atoms with Gasteiger partial charge in [0.1, 0.15) is 0 Å². The van der Waals surface area contributed by atoms with E-state index in [0.29, 0.717) is 0 Å². The van der Waals surface area contributed by atoms with E-state index in [-0.39, 0.29) is 0 Å². The molecule has 3 nitrogen and oxygen atoms in total. The Morgan fingerprint density at radius 1 is 1.25 bits per heavy atom. The Bertz CT molecular complexity index is 383. The van der Waals surface area contributed by atoms with Crippen LogP contribution < -0.4 is 0 Å². The van der Waals surface area contributed by atoms with E-state index < -0.39 is 0 Å². The fourth-order valence-corrected chi connectivity index (χ4v) is 3.67. The summed E-state index contributed by atoms with van der Waals surface area (Å²) in [5.41, 5.74) is 2.66. The molecule has 3 unspecified atom stereocenters. The third-order valence-corrected chi connectivity index (χ3v) is 4.58. The Morgan fingerprint density at radius 2 is 2.00 bits per heavy atom. The Hall–Kier alpha value is -0.860. The third kappa shape index (κ3) is 1.57. The molecule has 2 aliphatic rings. The molecular formula is C13H21N3. The van der Waals surface area contributed by atoms with Crippen molar-refractivity contribution < 1.29 is 0 Å². The van der Waals surface area contributed by atoms with Crippen molar-refractivity contribution in [2.24, 2.45) is 24.8 Å². The smallest absolute Gasteiger partial charge is 0.0859 e. The van der Waals surface area contributed by atoms with Crippen molar-refractivity contribution in [3.05, 3.63) is 11.4 Å². The molecule has 3 heteroatoms. The van der Waals surface area contributed by atoms with Crippen molar-refractivity contribution >= 4 is 0 Å². The molecule has 0 radical (unpaired) electrons. The third-order valence-electron chi connectivity index (χ3n) is 4.58. The summed E-state index contributed by atoms with van der Waals surface area (Å²) in [5, 5.41) is 8.44. The summed E-state index contributed by atoms with van der Waals surface area (Å²) in [7, 11) is 2.03. The molecular weight excluding hydrogens is 198 g/mol. The molecule has 0 aromatic carbocycles. The predicted octanol–water partition coefficient (Wildman–Crippen LogP) is 2.36. The van der Waals surface area contributed by atoms with Crippen LogP contribution in [0.5, 0.6) is 0 Å². The first-order valence-corrected chi connectivity index (χ1v) is 6.68. The normalized spacial score (nSPS) is 32.5. The monoisotopic (exact) mass is 219 g/mol. The molecule has 0 spiro atoms. The van der Waals surface area contributed by atoms with Gasteiger partial charge in [0.25, 0.3) is 0 Å². The van der Waals surface area contributed by atoms with Crippen LogP contribution in [0.2, 0.25) is 0 Å².